The van der Waals surface area contributed by atoms with Crippen LogP contribution in [0.25, 0.3) is 22.3 Å². The van der Waals surface area contributed by atoms with Gasteiger partial charge in [-0.05, 0) is 85.8 Å². The summed E-state index contributed by atoms with van der Waals surface area (Å²) in [6.45, 7) is 1.81. The maximum absolute atomic E-state index is 13.5. The summed E-state index contributed by atoms with van der Waals surface area (Å²) in [5.41, 5.74) is 3.79. The summed E-state index contributed by atoms with van der Waals surface area (Å²) in [6, 6.07) is 15.2. The average molecular weight is 490 g/mol. The molecule has 2 N–H and O–H groups in total. The number of amides is 1. The molecule has 0 fully saturated rings. The number of carbonyl (C=O) groups excluding carboxylic acids is 1. The molecule has 0 aliphatic heterocycles. The Morgan fingerprint density at radius 1 is 0.972 bits per heavy atom. The van der Waals surface area contributed by atoms with Gasteiger partial charge in [-0.2, -0.15) is 0 Å². The van der Waals surface area contributed by atoms with Gasteiger partial charge in [0.2, 0.25) is 0 Å². The normalized spacial score (nSPS) is 11.9. The van der Waals surface area contributed by atoms with Crippen LogP contribution in [0.5, 0.6) is 0 Å². The number of pyridine rings is 2. The number of aryl methyl sites for hydroxylation is 1. The summed E-state index contributed by atoms with van der Waals surface area (Å²) >= 11 is 0. The lowest BCUT2D eigenvalue weighted by atomic mass is 9.99. The van der Waals surface area contributed by atoms with Crippen LogP contribution >= 0.6 is 0 Å². The summed E-state index contributed by atoms with van der Waals surface area (Å²) in [6.07, 6.45) is 3.24. The second-order valence-corrected chi connectivity index (χ2v) is 8.62. The number of carboxylic acid groups (broad SMARTS) is 1. The molecule has 0 aliphatic rings. The number of hydrogen-bond acceptors (Lipinski definition) is 4. The third kappa shape index (κ3) is 6.07. The zero-order valence-electron chi connectivity index (χ0n) is 19.7. The number of carbonyl (C=O) groups is 2. The van der Waals surface area contributed by atoms with Gasteiger partial charge in [-0.25, -0.2) is 18.7 Å². The largest absolute Gasteiger partial charge is 0.481 e. The molecular formula is C28H25F2N3O3. The van der Waals surface area contributed by atoms with Crippen molar-refractivity contribution in [1.29, 1.82) is 0 Å². The Hall–Kier alpha value is -4.20. The average Bonchev–Trinajstić information content (AvgIpc) is 2.86. The van der Waals surface area contributed by atoms with Crippen LogP contribution in [-0.4, -0.2) is 27.0 Å². The van der Waals surface area contributed by atoms with Crippen LogP contribution in [0.4, 0.5) is 8.78 Å². The SMILES string of the molecule is CC(NC(=O)c1cnc2nc(-c3ccc(F)cc3)c(CCCCC(=O)O)cc2c1)c1ccc(F)cc1. The molecule has 2 heterocycles. The molecule has 4 aromatic rings. The summed E-state index contributed by atoms with van der Waals surface area (Å²) < 4.78 is 26.7. The Bertz CT molecular complexity index is 1390. The van der Waals surface area contributed by atoms with Crippen molar-refractivity contribution in [2.45, 2.75) is 38.6 Å². The van der Waals surface area contributed by atoms with Crippen LogP contribution < -0.4 is 5.32 Å². The smallest absolute Gasteiger partial charge is 0.303 e. The van der Waals surface area contributed by atoms with E-state index >= 15 is 0 Å². The van der Waals surface area contributed by atoms with E-state index in [4.69, 9.17) is 5.11 Å². The van der Waals surface area contributed by atoms with E-state index in [0.717, 1.165) is 16.7 Å². The molecule has 1 atom stereocenters. The number of rotatable bonds is 9. The third-order valence-corrected chi connectivity index (χ3v) is 5.93. The minimum Gasteiger partial charge on any atom is -0.481 e. The van der Waals surface area contributed by atoms with E-state index in [1.165, 1.54) is 30.5 Å². The quantitative estimate of drug-likeness (QED) is 0.287. The number of aliphatic carboxylic acids is 1. The lowest BCUT2D eigenvalue weighted by molar-refractivity contribution is -0.137. The molecule has 36 heavy (non-hydrogen) atoms. The van der Waals surface area contributed by atoms with Gasteiger partial charge in [0.1, 0.15) is 11.6 Å². The molecule has 0 spiro atoms. The molecule has 0 saturated heterocycles. The molecule has 1 unspecified atom stereocenters. The van der Waals surface area contributed by atoms with Crippen LogP contribution in [0.2, 0.25) is 0 Å². The molecule has 0 bridgehead atoms. The van der Waals surface area contributed by atoms with Gasteiger partial charge < -0.3 is 10.4 Å². The second kappa shape index (κ2) is 11.0. The van der Waals surface area contributed by atoms with Crippen molar-refractivity contribution < 1.29 is 23.5 Å². The van der Waals surface area contributed by atoms with Crippen LogP contribution in [-0.2, 0) is 11.2 Å². The highest BCUT2D eigenvalue weighted by atomic mass is 19.1. The molecule has 1 amide bonds. The maximum Gasteiger partial charge on any atom is 0.303 e. The Morgan fingerprint density at radius 2 is 1.64 bits per heavy atom. The molecule has 4 rings (SSSR count). The molecule has 0 aliphatic carbocycles. The first-order valence-corrected chi connectivity index (χ1v) is 11.6. The van der Waals surface area contributed by atoms with Gasteiger partial charge in [0.15, 0.2) is 5.65 Å². The van der Waals surface area contributed by atoms with Gasteiger partial charge in [-0.15, -0.1) is 0 Å². The van der Waals surface area contributed by atoms with E-state index in [9.17, 15) is 18.4 Å². The third-order valence-electron chi connectivity index (χ3n) is 5.93. The molecular weight excluding hydrogens is 464 g/mol. The topological polar surface area (TPSA) is 92.2 Å². The summed E-state index contributed by atoms with van der Waals surface area (Å²) in [4.78, 5) is 32.8. The Morgan fingerprint density at radius 3 is 2.31 bits per heavy atom. The molecule has 0 radical (unpaired) electrons. The number of nitrogens with zero attached hydrogens (tertiary/aromatic N) is 2. The summed E-state index contributed by atoms with van der Waals surface area (Å²) in [7, 11) is 0. The highest BCUT2D eigenvalue weighted by Gasteiger charge is 2.15. The van der Waals surface area contributed by atoms with Crippen molar-refractivity contribution in [2.24, 2.45) is 0 Å². The number of hydrogen-bond donors (Lipinski definition) is 2. The predicted octanol–water partition coefficient (Wildman–Crippen LogP) is 5.86. The monoisotopic (exact) mass is 489 g/mol. The van der Waals surface area contributed by atoms with E-state index in [2.05, 4.69) is 15.3 Å². The fraction of sp³-hybridized carbons (Fsp3) is 0.214. The van der Waals surface area contributed by atoms with Crippen molar-refractivity contribution in [3.05, 3.63) is 95.2 Å². The fourth-order valence-corrected chi connectivity index (χ4v) is 3.99. The van der Waals surface area contributed by atoms with Crippen LogP contribution in [0.15, 0.2) is 66.9 Å². The van der Waals surface area contributed by atoms with Crippen molar-refractivity contribution in [1.82, 2.24) is 15.3 Å². The van der Waals surface area contributed by atoms with Gasteiger partial charge in [0.05, 0.1) is 17.3 Å². The number of nitrogens with one attached hydrogen (secondary N) is 1. The van der Waals surface area contributed by atoms with E-state index in [0.29, 0.717) is 41.6 Å². The lowest BCUT2D eigenvalue weighted by Crippen LogP contribution is -2.26. The second-order valence-electron chi connectivity index (χ2n) is 8.62. The molecule has 2 aromatic heterocycles. The van der Waals surface area contributed by atoms with Crippen LogP contribution in [0.1, 0.15) is 53.7 Å². The zero-order valence-corrected chi connectivity index (χ0v) is 19.7. The van der Waals surface area contributed by atoms with Crippen molar-refractivity contribution in [3.63, 3.8) is 0 Å². The van der Waals surface area contributed by atoms with E-state index < -0.39 is 5.97 Å². The number of unbranched alkanes of at least 4 members (excludes halogenated alkanes) is 1. The van der Waals surface area contributed by atoms with Crippen molar-refractivity contribution in [2.75, 3.05) is 0 Å². The summed E-state index contributed by atoms with van der Waals surface area (Å²) in [5.74, 6) is -1.87. The highest BCUT2D eigenvalue weighted by Crippen LogP contribution is 2.27. The fourth-order valence-electron chi connectivity index (χ4n) is 3.99. The van der Waals surface area contributed by atoms with Gasteiger partial charge in [-0.1, -0.05) is 12.1 Å². The highest BCUT2D eigenvalue weighted by molar-refractivity contribution is 5.97. The number of aromatic nitrogens is 2. The minimum absolute atomic E-state index is 0.0744. The Balaban J connectivity index is 1.62. The number of carboxylic acids is 1. The van der Waals surface area contributed by atoms with Crippen molar-refractivity contribution >= 4 is 22.9 Å². The van der Waals surface area contributed by atoms with Gasteiger partial charge >= 0.3 is 5.97 Å². The first-order chi connectivity index (χ1) is 17.3. The van der Waals surface area contributed by atoms with Gasteiger partial charge in [0.25, 0.3) is 5.91 Å². The molecule has 2 aromatic carbocycles. The van der Waals surface area contributed by atoms with Crippen LogP contribution in [0, 0.1) is 11.6 Å². The Kier molecular flexibility index (Phi) is 7.63. The van der Waals surface area contributed by atoms with Crippen LogP contribution in [0.3, 0.4) is 0 Å². The predicted molar refractivity (Wildman–Crippen MR) is 132 cm³/mol. The van der Waals surface area contributed by atoms with E-state index in [1.54, 1.807) is 30.3 Å². The molecule has 6 nitrogen and oxygen atoms in total. The lowest BCUT2D eigenvalue weighted by Gasteiger charge is -2.15. The van der Waals surface area contributed by atoms with E-state index in [-0.39, 0.29) is 30.0 Å². The van der Waals surface area contributed by atoms with Crippen molar-refractivity contribution in [3.8, 4) is 11.3 Å². The first-order valence-electron chi connectivity index (χ1n) is 11.6. The zero-order chi connectivity index (χ0) is 25.7. The number of halogens is 2. The maximum atomic E-state index is 13.5. The van der Waals surface area contributed by atoms with E-state index in [1.807, 2.05) is 13.0 Å². The Labute approximate surface area is 207 Å². The molecule has 8 heteroatoms. The minimum atomic E-state index is -0.847. The van der Waals surface area contributed by atoms with Gasteiger partial charge in [0, 0.05) is 23.6 Å². The molecule has 184 valence electrons. The molecule has 0 saturated carbocycles. The number of fused-ring (bicyclic) bond motifs is 1. The first kappa shape index (κ1) is 24.9. The number of benzene rings is 2. The summed E-state index contributed by atoms with van der Waals surface area (Å²) in [5, 5.41) is 12.5. The van der Waals surface area contributed by atoms with Gasteiger partial charge in [-0.3, -0.25) is 9.59 Å². The standard InChI is InChI=1S/C28H25F2N3O3/c1-17(18-6-10-23(29)11-7-18)32-28(36)22-15-21-14-20(4-2-3-5-25(34)35)26(33-27(21)31-16-22)19-8-12-24(30)13-9-19/h6-17H,2-5H2,1H3,(H,32,36)(H,34,35).